The predicted molar refractivity (Wildman–Crippen MR) is 192 cm³/mol. The summed E-state index contributed by atoms with van der Waals surface area (Å²) in [6.07, 6.45) is 5.43. The topological polar surface area (TPSA) is 139 Å². The fourth-order valence-corrected chi connectivity index (χ4v) is 5.84. The van der Waals surface area contributed by atoms with Crippen LogP contribution in [0.5, 0.6) is 0 Å². The maximum Gasteiger partial charge on any atom is 0.224 e. The average Bonchev–Trinajstić information content (AvgIpc) is 3.12. The first-order valence-corrected chi connectivity index (χ1v) is 17.0. The van der Waals surface area contributed by atoms with E-state index in [-0.39, 0.29) is 30.6 Å². The Morgan fingerprint density at radius 3 is 2.24 bits per heavy atom. The van der Waals surface area contributed by atoms with Crippen molar-refractivity contribution in [1.82, 2.24) is 9.88 Å². The van der Waals surface area contributed by atoms with Crippen molar-refractivity contribution in [2.45, 2.75) is 70.1 Å². The van der Waals surface area contributed by atoms with E-state index in [1.54, 1.807) is 12.1 Å². The van der Waals surface area contributed by atoms with Gasteiger partial charge in [-0.25, -0.2) is 0 Å². The first-order chi connectivity index (χ1) is 23.9. The minimum absolute atomic E-state index is 0.00566. The highest BCUT2D eigenvalue weighted by atomic mass is 16.7. The molecule has 5 rings (SSSR count). The van der Waals surface area contributed by atoms with Gasteiger partial charge in [-0.05, 0) is 67.4 Å². The van der Waals surface area contributed by atoms with Crippen molar-refractivity contribution >= 4 is 28.9 Å². The van der Waals surface area contributed by atoms with Crippen LogP contribution in [-0.2, 0) is 32.1 Å². The molecule has 3 atom stereocenters. The van der Waals surface area contributed by atoms with E-state index in [0.717, 1.165) is 48.3 Å². The smallest absolute Gasteiger partial charge is 0.224 e. The molecule has 1 aliphatic heterocycles. The molecule has 0 radical (unpaired) electrons. The van der Waals surface area contributed by atoms with Gasteiger partial charge in [-0.15, -0.1) is 0 Å². The standard InChI is InChI=1S/C39H47N5O5/c1-44(24-22-31-9-7-8-23-41-31)26-33-25-36(29-16-14-28(27-45)15-17-29)49-39(48-33)30-18-20-32(21-19-30)42-37(46)12-3-2-4-13-38(47)43-35-11-6-5-10-34(35)40/h5-11,14-21,23,33,36,39,45H,2-4,12-13,22,24-27,40H2,1H3,(H,42,46)(H,43,47)/t33-,36+,39+/m1/s1. The number of carbonyl (C=O) groups is 2. The van der Waals surface area contributed by atoms with E-state index in [4.69, 9.17) is 15.2 Å². The van der Waals surface area contributed by atoms with Gasteiger partial charge in [-0.2, -0.15) is 0 Å². The lowest BCUT2D eigenvalue weighted by molar-refractivity contribution is -0.252. The van der Waals surface area contributed by atoms with Crippen molar-refractivity contribution in [3.8, 4) is 0 Å². The molecule has 49 heavy (non-hydrogen) atoms. The predicted octanol–water partition coefficient (Wildman–Crippen LogP) is 6.40. The second kappa shape index (κ2) is 18.2. The first kappa shape index (κ1) is 35.7. The van der Waals surface area contributed by atoms with Gasteiger partial charge in [0.25, 0.3) is 0 Å². The molecule has 1 saturated heterocycles. The Morgan fingerprint density at radius 1 is 0.857 bits per heavy atom. The van der Waals surface area contributed by atoms with Crippen LogP contribution in [0.2, 0.25) is 0 Å². The van der Waals surface area contributed by atoms with Gasteiger partial charge < -0.3 is 35.8 Å². The summed E-state index contributed by atoms with van der Waals surface area (Å²) in [5, 5.41) is 15.3. The number of aliphatic hydroxyl groups is 1. The third-order valence-corrected chi connectivity index (χ3v) is 8.62. The Balaban J connectivity index is 1.11. The van der Waals surface area contributed by atoms with E-state index >= 15 is 0 Å². The molecule has 0 saturated carbocycles. The number of unbranched alkanes of at least 4 members (excludes halogenated alkanes) is 2. The second-order valence-corrected chi connectivity index (χ2v) is 12.5. The Bertz CT molecular complexity index is 1620. The van der Waals surface area contributed by atoms with Gasteiger partial charge in [-0.3, -0.25) is 14.6 Å². The third kappa shape index (κ3) is 11.2. The normalized spacial score (nSPS) is 17.5. The van der Waals surface area contributed by atoms with Crippen LogP contribution in [0.3, 0.4) is 0 Å². The van der Waals surface area contributed by atoms with Crippen LogP contribution in [-0.4, -0.2) is 53.0 Å². The number of nitrogens with one attached hydrogen (secondary N) is 2. The lowest BCUT2D eigenvalue weighted by atomic mass is 9.99. The summed E-state index contributed by atoms with van der Waals surface area (Å²) in [7, 11) is 2.10. The summed E-state index contributed by atoms with van der Waals surface area (Å²) in [6.45, 7) is 1.58. The Labute approximate surface area is 288 Å². The van der Waals surface area contributed by atoms with Crippen LogP contribution in [0.15, 0.2) is 97.2 Å². The van der Waals surface area contributed by atoms with Crippen molar-refractivity contribution in [3.05, 3.63) is 120 Å². The molecule has 10 nitrogen and oxygen atoms in total. The molecule has 10 heteroatoms. The van der Waals surface area contributed by atoms with Crippen molar-refractivity contribution in [2.24, 2.45) is 0 Å². The monoisotopic (exact) mass is 665 g/mol. The quantitative estimate of drug-likeness (QED) is 0.0797. The fraction of sp³-hybridized carbons (Fsp3) is 0.359. The third-order valence-electron chi connectivity index (χ3n) is 8.62. The molecule has 258 valence electrons. The summed E-state index contributed by atoms with van der Waals surface area (Å²) in [5.74, 6) is -0.155. The van der Waals surface area contributed by atoms with Gasteiger partial charge in [-0.1, -0.05) is 61.0 Å². The number of rotatable bonds is 16. The van der Waals surface area contributed by atoms with Gasteiger partial charge in [0.2, 0.25) is 11.8 Å². The number of para-hydroxylation sites is 2. The molecule has 1 aliphatic rings. The molecular weight excluding hydrogens is 618 g/mol. The van der Waals surface area contributed by atoms with Crippen LogP contribution in [0.1, 0.15) is 73.3 Å². The number of likely N-dealkylation sites (N-methyl/N-ethyl adjacent to an activating group) is 1. The van der Waals surface area contributed by atoms with Gasteiger partial charge in [0.1, 0.15) is 0 Å². The minimum Gasteiger partial charge on any atom is -0.397 e. The van der Waals surface area contributed by atoms with Gasteiger partial charge >= 0.3 is 0 Å². The van der Waals surface area contributed by atoms with E-state index in [9.17, 15) is 14.7 Å². The number of aromatic nitrogens is 1. The van der Waals surface area contributed by atoms with E-state index in [1.807, 2.05) is 85.1 Å². The number of anilines is 3. The Morgan fingerprint density at radius 2 is 1.55 bits per heavy atom. The SMILES string of the molecule is CN(CCc1ccccn1)C[C@H]1C[C@@H](c2ccc(CO)cc2)O[C@@H](c2ccc(NC(=O)CCCCCC(=O)Nc3ccccc3N)cc2)O1. The average molecular weight is 666 g/mol. The highest BCUT2D eigenvalue weighted by Crippen LogP contribution is 2.38. The van der Waals surface area contributed by atoms with Crippen molar-refractivity contribution < 1.29 is 24.2 Å². The van der Waals surface area contributed by atoms with Gasteiger partial charge in [0.15, 0.2) is 6.29 Å². The fourth-order valence-electron chi connectivity index (χ4n) is 5.84. The lowest BCUT2D eigenvalue weighted by Crippen LogP contribution is -2.38. The number of benzene rings is 3. The summed E-state index contributed by atoms with van der Waals surface area (Å²) < 4.78 is 13.0. The molecule has 3 aromatic carbocycles. The number of ether oxygens (including phenoxy) is 2. The van der Waals surface area contributed by atoms with E-state index in [0.29, 0.717) is 49.2 Å². The minimum atomic E-state index is -0.578. The van der Waals surface area contributed by atoms with E-state index < -0.39 is 6.29 Å². The number of carbonyl (C=O) groups excluding carboxylic acids is 2. The van der Waals surface area contributed by atoms with Gasteiger partial charge in [0, 0.05) is 61.9 Å². The molecule has 0 unspecified atom stereocenters. The molecule has 1 fully saturated rings. The van der Waals surface area contributed by atoms with E-state index in [1.165, 1.54) is 0 Å². The van der Waals surface area contributed by atoms with Crippen molar-refractivity contribution in [1.29, 1.82) is 0 Å². The van der Waals surface area contributed by atoms with Crippen molar-refractivity contribution in [2.75, 3.05) is 36.5 Å². The number of hydrogen-bond donors (Lipinski definition) is 4. The Kier molecular flexibility index (Phi) is 13.3. The number of nitrogen functional groups attached to an aromatic ring is 1. The van der Waals surface area contributed by atoms with Gasteiger partial charge in [0.05, 0.1) is 30.2 Å². The molecule has 4 aromatic rings. The Hall–Kier alpha value is -4.61. The second-order valence-electron chi connectivity index (χ2n) is 12.5. The zero-order valence-corrected chi connectivity index (χ0v) is 28.1. The molecule has 2 heterocycles. The number of nitrogens with zero attached hydrogens (tertiary/aromatic N) is 2. The van der Waals surface area contributed by atoms with E-state index in [2.05, 4.69) is 27.6 Å². The maximum atomic E-state index is 12.6. The summed E-state index contributed by atoms with van der Waals surface area (Å²) in [4.78, 5) is 31.6. The van der Waals surface area contributed by atoms with Crippen LogP contribution in [0, 0.1) is 0 Å². The number of aliphatic hydroxyl groups excluding tert-OH is 1. The maximum absolute atomic E-state index is 12.6. The van der Waals surface area contributed by atoms with Crippen LogP contribution in [0.4, 0.5) is 17.1 Å². The van der Waals surface area contributed by atoms with Crippen LogP contribution < -0.4 is 16.4 Å². The molecule has 0 spiro atoms. The number of nitrogens with two attached hydrogens (primary N) is 1. The summed E-state index contributed by atoms with van der Waals surface area (Å²) in [6, 6.07) is 28.6. The molecule has 0 aliphatic carbocycles. The molecule has 1 aromatic heterocycles. The highest BCUT2D eigenvalue weighted by molar-refractivity contribution is 5.93. The zero-order valence-electron chi connectivity index (χ0n) is 28.1. The van der Waals surface area contributed by atoms with Crippen molar-refractivity contribution in [3.63, 3.8) is 0 Å². The number of pyridine rings is 1. The summed E-state index contributed by atoms with van der Waals surface area (Å²) >= 11 is 0. The lowest BCUT2D eigenvalue weighted by Gasteiger charge is -2.38. The van der Waals surface area contributed by atoms with Crippen LogP contribution in [0.25, 0.3) is 0 Å². The zero-order chi connectivity index (χ0) is 34.4. The summed E-state index contributed by atoms with van der Waals surface area (Å²) in [5.41, 5.74) is 11.6. The number of amides is 2. The largest absolute Gasteiger partial charge is 0.397 e. The first-order valence-electron chi connectivity index (χ1n) is 17.0. The molecule has 5 N–H and O–H groups in total. The molecular formula is C39H47N5O5. The molecule has 0 bridgehead atoms. The highest BCUT2D eigenvalue weighted by Gasteiger charge is 2.32. The molecule has 2 amide bonds. The number of hydrogen-bond acceptors (Lipinski definition) is 8. The van der Waals surface area contributed by atoms with Crippen LogP contribution >= 0.6 is 0 Å².